The second-order valence-electron chi connectivity index (χ2n) is 11.2. The summed E-state index contributed by atoms with van der Waals surface area (Å²) in [5, 5.41) is 0. The van der Waals surface area contributed by atoms with Crippen LogP contribution in [0.4, 0.5) is 13.2 Å². The first-order chi connectivity index (χ1) is 19.5. The van der Waals surface area contributed by atoms with Crippen LogP contribution in [0.5, 0.6) is 0 Å². The predicted molar refractivity (Wildman–Crippen MR) is 160 cm³/mol. The van der Waals surface area contributed by atoms with Gasteiger partial charge < -0.3 is 4.74 Å². The molecule has 1 saturated heterocycles. The summed E-state index contributed by atoms with van der Waals surface area (Å²) < 4.78 is 50.9. The summed E-state index contributed by atoms with van der Waals surface area (Å²) in [6.45, 7) is 6.50. The monoisotopic (exact) mass is 548 g/mol. The molecule has 2 atom stereocenters. The molecule has 4 rings (SSSR count). The molecule has 40 heavy (non-hydrogen) atoms. The standard InChI is InChI=1S/C36H43F3O/c1-3-5-7-8-9-10-11-12-28-19-23-33(36(39)35(28)38)27-16-14-26(15-17-27)29-20-22-32(34(37)24-29)30-18-21-31(40-25-30)13-6-4-2/h4,14-17,19-20,22-24,30-31H,2-3,5-13,18,21,25H2,1H3. The van der Waals surface area contributed by atoms with E-state index in [0.717, 1.165) is 56.1 Å². The number of hydrogen-bond donors (Lipinski definition) is 0. The van der Waals surface area contributed by atoms with E-state index in [2.05, 4.69) is 13.5 Å². The SMILES string of the molecule is C=CCCC1CCC(c2ccc(-c3ccc(-c4ccc(CCCCCCCCC)c(F)c4F)cc3)cc2F)CO1. The van der Waals surface area contributed by atoms with E-state index in [1.165, 1.54) is 25.7 Å². The molecule has 1 fully saturated rings. The molecule has 3 aromatic carbocycles. The normalized spacial score (nSPS) is 17.2. The van der Waals surface area contributed by atoms with Gasteiger partial charge in [0.05, 0.1) is 12.7 Å². The van der Waals surface area contributed by atoms with E-state index in [9.17, 15) is 4.39 Å². The first-order valence-corrected chi connectivity index (χ1v) is 15.1. The molecule has 1 aliphatic heterocycles. The zero-order valence-corrected chi connectivity index (χ0v) is 23.9. The fourth-order valence-corrected chi connectivity index (χ4v) is 5.74. The minimum atomic E-state index is -0.801. The minimum Gasteiger partial charge on any atom is -0.378 e. The molecule has 3 aromatic rings. The molecule has 0 aromatic heterocycles. The van der Waals surface area contributed by atoms with Gasteiger partial charge in [-0.2, -0.15) is 0 Å². The van der Waals surface area contributed by atoms with Crippen molar-refractivity contribution in [2.24, 2.45) is 0 Å². The van der Waals surface area contributed by atoms with Gasteiger partial charge in [-0.25, -0.2) is 13.2 Å². The first-order valence-electron chi connectivity index (χ1n) is 15.1. The van der Waals surface area contributed by atoms with Gasteiger partial charge in [0.15, 0.2) is 11.6 Å². The molecule has 0 radical (unpaired) electrons. The van der Waals surface area contributed by atoms with Gasteiger partial charge in [0.1, 0.15) is 5.82 Å². The Morgan fingerprint density at radius 3 is 2.17 bits per heavy atom. The molecule has 0 amide bonds. The number of unbranched alkanes of at least 4 members (excludes halogenated alkanes) is 6. The fourth-order valence-electron chi connectivity index (χ4n) is 5.74. The van der Waals surface area contributed by atoms with E-state index in [4.69, 9.17) is 4.74 Å². The number of allylic oxidation sites excluding steroid dienone is 1. The summed E-state index contributed by atoms with van der Waals surface area (Å²) in [5.74, 6) is -1.72. The third kappa shape index (κ3) is 7.87. The molecule has 0 saturated carbocycles. The number of rotatable bonds is 14. The van der Waals surface area contributed by atoms with Crippen LogP contribution in [-0.2, 0) is 11.2 Å². The van der Waals surface area contributed by atoms with Gasteiger partial charge in [-0.15, -0.1) is 6.58 Å². The number of hydrogen-bond acceptors (Lipinski definition) is 1. The predicted octanol–water partition coefficient (Wildman–Crippen LogP) is 11.0. The molecule has 214 valence electrons. The van der Waals surface area contributed by atoms with E-state index in [1.807, 2.05) is 30.3 Å². The maximum Gasteiger partial charge on any atom is 0.166 e. The summed E-state index contributed by atoms with van der Waals surface area (Å²) in [6, 6.07) is 15.9. The zero-order valence-electron chi connectivity index (χ0n) is 23.9. The molecule has 0 N–H and O–H groups in total. The van der Waals surface area contributed by atoms with Gasteiger partial charge in [-0.1, -0.05) is 100 Å². The Balaban J connectivity index is 1.36. The number of benzene rings is 3. The Morgan fingerprint density at radius 2 is 1.50 bits per heavy atom. The minimum absolute atomic E-state index is 0.0584. The van der Waals surface area contributed by atoms with E-state index in [-0.39, 0.29) is 23.4 Å². The summed E-state index contributed by atoms with van der Waals surface area (Å²) in [4.78, 5) is 0. The summed E-state index contributed by atoms with van der Waals surface area (Å²) in [7, 11) is 0. The largest absolute Gasteiger partial charge is 0.378 e. The molecule has 0 bridgehead atoms. The lowest BCUT2D eigenvalue weighted by molar-refractivity contribution is -0.000784. The molecule has 1 aliphatic rings. The third-order valence-corrected chi connectivity index (χ3v) is 8.24. The highest BCUT2D eigenvalue weighted by Gasteiger charge is 2.25. The maximum absolute atomic E-state index is 15.1. The van der Waals surface area contributed by atoms with Crippen LogP contribution in [0.3, 0.4) is 0 Å². The van der Waals surface area contributed by atoms with Crippen LogP contribution >= 0.6 is 0 Å². The van der Waals surface area contributed by atoms with Gasteiger partial charge >= 0.3 is 0 Å². The Morgan fingerprint density at radius 1 is 0.800 bits per heavy atom. The van der Waals surface area contributed by atoms with Crippen LogP contribution in [0.15, 0.2) is 67.3 Å². The maximum atomic E-state index is 15.1. The highest BCUT2D eigenvalue weighted by molar-refractivity contribution is 5.71. The van der Waals surface area contributed by atoms with E-state index in [0.29, 0.717) is 29.7 Å². The van der Waals surface area contributed by atoms with Crippen molar-refractivity contribution in [3.05, 3.63) is 95.8 Å². The summed E-state index contributed by atoms with van der Waals surface area (Å²) >= 11 is 0. The lowest BCUT2D eigenvalue weighted by Crippen LogP contribution is -2.25. The van der Waals surface area contributed by atoms with Crippen molar-refractivity contribution < 1.29 is 17.9 Å². The average Bonchev–Trinajstić information content (AvgIpc) is 2.98. The topological polar surface area (TPSA) is 9.23 Å². The quantitative estimate of drug-likeness (QED) is 0.144. The molecule has 1 nitrogen and oxygen atoms in total. The first kappa shape index (κ1) is 30.1. The molecule has 1 heterocycles. The van der Waals surface area contributed by atoms with E-state index in [1.54, 1.807) is 30.3 Å². The average molecular weight is 549 g/mol. The molecular weight excluding hydrogens is 505 g/mol. The highest BCUT2D eigenvalue weighted by Crippen LogP contribution is 2.34. The lowest BCUT2D eigenvalue weighted by Gasteiger charge is -2.29. The Kier molecular flexibility index (Phi) is 11.5. The summed E-state index contributed by atoms with van der Waals surface area (Å²) in [6.07, 6.45) is 14.4. The van der Waals surface area contributed by atoms with Crippen LogP contribution in [-0.4, -0.2) is 12.7 Å². The van der Waals surface area contributed by atoms with Gasteiger partial charge in [0.2, 0.25) is 0 Å². The fraction of sp³-hybridized carbons (Fsp3) is 0.444. The second kappa shape index (κ2) is 15.2. The van der Waals surface area contributed by atoms with Crippen molar-refractivity contribution in [2.75, 3.05) is 6.61 Å². The third-order valence-electron chi connectivity index (χ3n) is 8.24. The molecule has 2 unspecified atom stereocenters. The van der Waals surface area contributed by atoms with Gasteiger partial charge in [-0.3, -0.25) is 0 Å². The Hall–Kier alpha value is -2.85. The highest BCUT2D eigenvalue weighted by atomic mass is 19.2. The van der Waals surface area contributed by atoms with Crippen molar-refractivity contribution in [1.29, 1.82) is 0 Å². The van der Waals surface area contributed by atoms with Crippen molar-refractivity contribution in [3.63, 3.8) is 0 Å². The van der Waals surface area contributed by atoms with Crippen molar-refractivity contribution in [1.82, 2.24) is 0 Å². The number of ether oxygens (including phenoxy) is 1. The zero-order chi connectivity index (χ0) is 28.3. The Bertz CT molecular complexity index is 1230. The van der Waals surface area contributed by atoms with E-state index >= 15 is 8.78 Å². The van der Waals surface area contributed by atoms with Crippen molar-refractivity contribution in [3.8, 4) is 22.3 Å². The smallest absolute Gasteiger partial charge is 0.166 e. The van der Waals surface area contributed by atoms with Crippen molar-refractivity contribution in [2.45, 2.75) is 96.0 Å². The van der Waals surface area contributed by atoms with Crippen LogP contribution in [0.1, 0.15) is 94.6 Å². The molecule has 0 aliphatic carbocycles. The van der Waals surface area contributed by atoms with Crippen LogP contribution in [0, 0.1) is 17.5 Å². The molecule has 0 spiro atoms. The van der Waals surface area contributed by atoms with Crippen LogP contribution in [0.2, 0.25) is 0 Å². The van der Waals surface area contributed by atoms with Gasteiger partial charge in [0.25, 0.3) is 0 Å². The molecular formula is C36H43F3O. The number of halogens is 3. The van der Waals surface area contributed by atoms with Gasteiger partial charge in [-0.05, 0) is 72.4 Å². The summed E-state index contributed by atoms with van der Waals surface area (Å²) in [5.41, 5.74) is 3.57. The van der Waals surface area contributed by atoms with Crippen LogP contribution in [0.25, 0.3) is 22.3 Å². The number of aryl methyl sites for hydroxylation is 1. The van der Waals surface area contributed by atoms with Crippen molar-refractivity contribution >= 4 is 0 Å². The Labute approximate surface area is 238 Å². The van der Waals surface area contributed by atoms with Crippen LogP contribution < -0.4 is 0 Å². The second-order valence-corrected chi connectivity index (χ2v) is 11.2. The van der Waals surface area contributed by atoms with Gasteiger partial charge in [0, 0.05) is 11.5 Å². The lowest BCUT2D eigenvalue weighted by atomic mass is 9.89. The molecule has 4 heteroatoms. The van der Waals surface area contributed by atoms with E-state index < -0.39 is 11.6 Å².